The summed E-state index contributed by atoms with van der Waals surface area (Å²) in [5.41, 5.74) is 1.61. The van der Waals surface area contributed by atoms with Crippen LogP contribution < -0.4 is 0 Å². The predicted molar refractivity (Wildman–Crippen MR) is 69.3 cm³/mol. The van der Waals surface area contributed by atoms with E-state index in [0.717, 1.165) is 6.42 Å². The minimum atomic E-state index is 0.403. The number of thiazole rings is 1. The zero-order chi connectivity index (χ0) is 11.5. The molecule has 0 atom stereocenters. The van der Waals surface area contributed by atoms with Gasteiger partial charge in [-0.25, -0.2) is 4.98 Å². The second-order valence-corrected chi connectivity index (χ2v) is 5.78. The van der Waals surface area contributed by atoms with Crippen LogP contribution in [-0.4, -0.2) is 4.98 Å². The fourth-order valence-corrected chi connectivity index (χ4v) is 2.92. The van der Waals surface area contributed by atoms with Gasteiger partial charge < -0.3 is 0 Å². The highest BCUT2D eigenvalue weighted by molar-refractivity contribution is 7.11. The Bertz CT molecular complexity index is 347. The molecule has 0 saturated carbocycles. The van der Waals surface area contributed by atoms with Gasteiger partial charge in [-0.2, -0.15) is 0 Å². The predicted octanol–water partition coefficient (Wildman–Crippen LogP) is 4.46. The largest absolute Gasteiger partial charge is 0.242 e. The summed E-state index contributed by atoms with van der Waals surface area (Å²) in [6.45, 7) is 10.7. The molecule has 1 nitrogen and oxygen atoms in total. The smallest absolute Gasteiger partial charge is 0.0904 e. The molecule has 0 unspecified atom stereocenters. The van der Waals surface area contributed by atoms with Crippen LogP contribution in [0.15, 0.2) is 6.08 Å². The third-order valence-corrected chi connectivity index (χ3v) is 3.41. The van der Waals surface area contributed by atoms with E-state index in [4.69, 9.17) is 0 Å². The van der Waals surface area contributed by atoms with E-state index in [1.165, 1.54) is 22.0 Å². The van der Waals surface area contributed by atoms with E-state index >= 15 is 0 Å². The molecule has 0 saturated heterocycles. The van der Waals surface area contributed by atoms with Crippen molar-refractivity contribution in [3.05, 3.63) is 21.7 Å². The van der Waals surface area contributed by atoms with E-state index < -0.39 is 0 Å². The SMILES string of the molecule is CC.Cc1nc2c(s1)CC(C)(C)CC=C2. The fourth-order valence-electron chi connectivity index (χ4n) is 1.74. The zero-order valence-electron chi connectivity index (χ0n) is 10.4. The lowest BCUT2D eigenvalue weighted by Crippen LogP contribution is -2.12. The average Bonchev–Trinajstić information content (AvgIpc) is 2.42. The standard InChI is InChI=1S/C11H15NS.C2H6/c1-8-12-9-5-4-6-11(2,3)7-10(9)13-8;1-2/h4-5H,6-7H2,1-3H3;1-2H3. The van der Waals surface area contributed by atoms with E-state index in [2.05, 4.69) is 37.9 Å². The molecule has 0 radical (unpaired) electrons. The molecular weight excluding hydrogens is 202 g/mol. The Morgan fingerprint density at radius 3 is 2.67 bits per heavy atom. The number of rotatable bonds is 0. The summed E-state index contributed by atoms with van der Waals surface area (Å²) < 4.78 is 0. The lowest BCUT2D eigenvalue weighted by molar-refractivity contribution is 0.374. The number of hydrogen-bond donors (Lipinski definition) is 0. The molecule has 1 aromatic heterocycles. The molecule has 2 heteroatoms. The van der Waals surface area contributed by atoms with Crippen molar-refractivity contribution < 1.29 is 0 Å². The summed E-state index contributed by atoms with van der Waals surface area (Å²) in [6, 6.07) is 0. The minimum Gasteiger partial charge on any atom is -0.242 e. The van der Waals surface area contributed by atoms with Gasteiger partial charge in [0.05, 0.1) is 10.7 Å². The third kappa shape index (κ3) is 3.16. The number of aryl methyl sites for hydroxylation is 1. The van der Waals surface area contributed by atoms with E-state index in [9.17, 15) is 0 Å². The summed E-state index contributed by atoms with van der Waals surface area (Å²) in [4.78, 5) is 5.96. The number of nitrogens with zero attached hydrogens (tertiary/aromatic N) is 1. The van der Waals surface area contributed by atoms with Crippen LogP contribution in [0.1, 0.15) is 49.7 Å². The summed E-state index contributed by atoms with van der Waals surface area (Å²) in [7, 11) is 0. The molecule has 1 aromatic rings. The molecule has 0 spiro atoms. The molecule has 0 bridgehead atoms. The lowest BCUT2D eigenvalue weighted by atomic mass is 9.86. The highest BCUT2D eigenvalue weighted by atomic mass is 32.1. The fraction of sp³-hybridized carbons (Fsp3) is 0.615. The molecule has 0 aromatic carbocycles. The van der Waals surface area contributed by atoms with Crippen LogP contribution in [0.5, 0.6) is 0 Å². The first-order valence-corrected chi connectivity index (χ1v) is 6.51. The summed E-state index contributed by atoms with van der Waals surface area (Å²) in [6.07, 6.45) is 6.76. The number of hydrogen-bond acceptors (Lipinski definition) is 2. The Morgan fingerprint density at radius 2 is 2.00 bits per heavy atom. The van der Waals surface area contributed by atoms with Crippen LogP contribution >= 0.6 is 11.3 Å². The van der Waals surface area contributed by atoms with Crippen molar-refractivity contribution in [1.29, 1.82) is 0 Å². The molecule has 15 heavy (non-hydrogen) atoms. The summed E-state index contributed by atoms with van der Waals surface area (Å²) in [5.74, 6) is 0. The van der Waals surface area contributed by atoms with Gasteiger partial charge in [0.1, 0.15) is 0 Å². The van der Waals surface area contributed by atoms with Crippen molar-refractivity contribution in [2.75, 3.05) is 0 Å². The molecular formula is C13H21NS. The van der Waals surface area contributed by atoms with E-state index in [1.807, 2.05) is 25.2 Å². The quantitative estimate of drug-likeness (QED) is 0.632. The van der Waals surface area contributed by atoms with Crippen molar-refractivity contribution in [3.63, 3.8) is 0 Å². The molecule has 1 heterocycles. The Morgan fingerprint density at radius 1 is 1.33 bits per heavy atom. The number of fused-ring (bicyclic) bond motifs is 1. The monoisotopic (exact) mass is 223 g/mol. The second kappa shape index (κ2) is 4.93. The van der Waals surface area contributed by atoms with Crippen molar-refractivity contribution >= 4 is 17.4 Å². The van der Waals surface area contributed by atoms with Gasteiger partial charge in [-0.15, -0.1) is 11.3 Å². The normalized spacial score (nSPS) is 17.4. The van der Waals surface area contributed by atoms with Crippen LogP contribution in [0.25, 0.3) is 6.08 Å². The highest BCUT2D eigenvalue weighted by Gasteiger charge is 2.22. The van der Waals surface area contributed by atoms with Crippen molar-refractivity contribution in [3.8, 4) is 0 Å². The molecule has 1 aliphatic carbocycles. The maximum atomic E-state index is 4.51. The van der Waals surface area contributed by atoms with Crippen molar-refractivity contribution in [1.82, 2.24) is 4.98 Å². The number of aromatic nitrogens is 1. The first kappa shape index (κ1) is 12.4. The van der Waals surface area contributed by atoms with Gasteiger partial charge in [0.25, 0.3) is 0 Å². The van der Waals surface area contributed by atoms with Crippen molar-refractivity contribution in [2.45, 2.75) is 47.5 Å². The molecule has 84 valence electrons. The molecule has 2 rings (SSSR count). The molecule has 0 N–H and O–H groups in total. The minimum absolute atomic E-state index is 0.403. The summed E-state index contributed by atoms with van der Waals surface area (Å²) in [5, 5.41) is 1.19. The van der Waals surface area contributed by atoms with Crippen LogP contribution in [0.4, 0.5) is 0 Å². The Balaban J connectivity index is 0.000000531. The van der Waals surface area contributed by atoms with E-state index in [-0.39, 0.29) is 0 Å². The maximum absolute atomic E-state index is 4.51. The van der Waals surface area contributed by atoms with Gasteiger partial charge in [0, 0.05) is 4.88 Å². The molecule has 1 aliphatic rings. The average molecular weight is 223 g/mol. The molecule has 0 aliphatic heterocycles. The Labute approximate surface area is 97.3 Å². The van der Waals surface area contributed by atoms with Crippen molar-refractivity contribution in [2.24, 2.45) is 5.41 Å². The van der Waals surface area contributed by atoms with Gasteiger partial charge >= 0.3 is 0 Å². The van der Waals surface area contributed by atoms with Crippen LogP contribution in [-0.2, 0) is 6.42 Å². The van der Waals surface area contributed by atoms with Gasteiger partial charge in [0.2, 0.25) is 0 Å². The van der Waals surface area contributed by atoms with Crippen LogP contribution in [0.2, 0.25) is 0 Å². The molecule has 0 amide bonds. The van der Waals surface area contributed by atoms with E-state index in [1.54, 1.807) is 0 Å². The number of allylic oxidation sites excluding steroid dienone is 1. The molecule has 0 fully saturated rings. The van der Waals surface area contributed by atoms with Crippen LogP contribution in [0, 0.1) is 12.3 Å². The lowest BCUT2D eigenvalue weighted by Gasteiger charge is -2.20. The zero-order valence-corrected chi connectivity index (χ0v) is 11.2. The first-order chi connectivity index (χ1) is 7.07. The Kier molecular flexibility index (Phi) is 4.09. The highest BCUT2D eigenvalue weighted by Crippen LogP contribution is 2.34. The topological polar surface area (TPSA) is 12.9 Å². The van der Waals surface area contributed by atoms with Gasteiger partial charge in [-0.3, -0.25) is 0 Å². The van der Waals surface area contributed by atoms with Gasteiger partial charge in [-0.1, -0.05) is 33.8 Å². The third-order valence-electron chi connectivity index (χ3n) is 2.42. The van der Waals surface area contributed by atoms with Crippen LogP contribution in [0.3, 0.4) is 0 Å². The first-order valence-electron chi connectivity index (χ1n) is 5.70. The van der Waals surface area contributed by atoms with Gasteiger partial charge in [-0.05, 0) is 31.3 Å². The van der Waals surface area contributed by atoms with E-state index in [0.29, 0.717) is 5.41 Å². The Hall–Kier alpha value is -0.630. The maximum Gasteiger partial charge on any atom is 0.0904 e. The van der Waals surface area contributed by atoms with Gasteiger partial charge in [0.15, 0.2) is 0 Å². The summed E-state index contributed by atoms with van der Waals surface area (Å²) >= 11 is 1.84. The second-order valence-electron chi connectivity index (χ2n) is 4.49.